The lowest BCUT2D eigenvalue weighted by molar-refractivity contribution is 0.578. The van der Waals surface area contributed by atoms with Crippen molar-refractivity contribution in [1.82, 2.24) is 0 Å². The van der Waals surface area contributed by atoms with Crippen LogP contribution in [0.15, 0.2) is 42.5 Å². The number of rotatable bonds is 0. The van der Waals surface area contributed by atoms with Crippen LogP contribution in [0.4, 0.5) is 5.69 Å². The van der Waals surface area contributed by atoms with E-state index in [2.05, 4.69) is 61.7 Å². The second-order valence-corrected chi connectivity index (χ2v) is 4.70. The van der Waals surface area contributed by atoms with Crippen LogP contribution in [0.25, 0.3) is 0 Å². The number of anilines is 1. The Hall–Kier alpha value is -1.50. The molecule has 0 spiro atoms. The first-order valence-electron chi connectivity index (χ1n) is 5.44. The summed E-state index contributed by atoms with van der Waals surface area (Å²) in [5.41, 5.74) is 4.17. The van der Waals surface area contributed by atoms with Gasteiger partial charge in [-0.1, -0.05) is 42.0 Å². The Kier molecular flexibility index (Phi) is 1.61. The molecule has 2 unspecified atom stereocenters. The van der Waals surface area contributed by atoms with Gasteiger partial charge in [-0.3, -0.25) is 0 Å². The summed E-state index contributed by atoms with van der Waals surface area (Å²) in [5, 5.41) is 3.57. The van der Waals surface area contributed by atoms with Crippen LogP contribution in [0, 0.1) is 6.92 Å². The molecule has 1 aromatic rings. The lowest BCUT2D eigenvalue weighted by atomic mass is 9.76. The molecule has 2 atom stereocenters. The third-order valence-electron chi connectivity index (χ3n) is 3.57. The molecular weight excluding hydrogens is 182 g/mol. The minimum atomic E-state index is 0.135. The smallest absolute Gasteiger partial charge is 0.0577 e. The highest BCUT2D eigenvalue weighted by atomic mass is 15.0. The molecule has 1 N–H and O–H groups in total. The monoisotopic (exact) mass is 197 g/mol. The molecule has 1 aliphatic heterocycles. The van der Waals surface area contributed by atoms with Gasteiger partial charge in [-0.05, 0) is 25.5 Å². The van der Waals surface area contributed by atoms with Gasteiger partial charge in [0.1, 0.15) is 0 Å². The maximum Gasteiger partial charge on any atom is 0.0577 e. The fourth-order valence-corrected chi connectivity index (χ4v) is 2.59. The first-order valence-corrected chi connectivity index (χ1v) is 5.44. The number of nitrogens with one attached hydrogen (secondary N) is 1. The third-order valence-corrected chi connectivity index (χ3v) is 3.57. The molecule has 0 amide bonds. The van der Waals surface area contributed by atoms with E-state index in [1.165, 1.54) is 16.8 Å². The molecule has 0 saturated carbocycles. The zero-order valence-corrected chi connectivity index (χ0v) is 9.12. The Labute approximate surface area is 90.5 Å². The molecule has 0 saturated heterocycles. The van der Waals surface area contributed by atoms with Crippen LogP contribution < -0.4 is 5.32 Å². The van der Waals surface area contributed by atoms with Crippen LogP contribution in [0.3, 0.4) is 0 Å². The second kappa shape index (κ2) is 2.75. The minimum Gasteiger partial charge on any atom is -0.377 e. The zero-order chi connectivity index (χ0) is 10.5. The highest BCUT2D eigenvalue weighted by Gasteiger charge is 2.40. The lowest BCUT2D eigenvalue weighted by Crippen LogP contribution is -2.33. The van der Waals surface area contributed by atoms with Crippen molar-refractivity contribution in [3.63, 3.8) is 0 Å². The zero-order valence-electron chi connectivity index (χ0n) is 9.12. The molecule has 1 heterocycles. The summed E-state index contributed by atoms with van der Waals surface area (Å²) in [6.07, 6.45) is 8.82. The second-order valence-electron chi connectivity index (χ2n) is 4.70. The van der Waals surface area contributed by atoms with E-state index >= 15 is 0 Å². The summed E-state index contributed by atoms with van der Waals surface area (Å²) in [7, 11) is 0. The van der Waals surface area contributed by atoms with Crippen LogP contribution >= 0.6 is 0 Å². The molecule has 76 valence electrons. The molecule has 1 aliphatic carbocycles. The number of hydrogen-bond acceptors (Lipinski definition) is 1. The van der Waals surface area contributed by atoms with E-state index < -0.39 is 0 Å². The first-order chi connectivity index (χ1) is 7.20. The van der Waals surface area contributed by atoms with Crippen molar-refractivity contribution in [1.29, 1.82) is 0 Å². The van der Waals surface area contributed by atoms with Crippen LogP contribution in [0.2, 0.25) is 0 Å². The third kappa shape index (κ3) is 1.09. The highest BCUT2D eigenvalue weighted by Crippen LogP contribution is 2.44. The van der Waals surface area contributed by atoms with Crippen molar-refractivity contribution in [2.75, 3.05) is 5.32 Å². The number of fused-ring (bicyclic) bond motifs is 3. The van der Waals surface area contributed by atoms with Crippen molar-refractivity contribution in [3.05, 3.63) is 53.6 Å². The van der Waals surface area contributed by atoms with Gasteiger partial charge in [0.15, 0.2) is 0 Å². The van der Waals surface area contributed by atoms with Crippen LogP contribution in [0.1, 0.15) is 18.1 Å². The summed E-state index contributed by atoms with van der Waals surface area (Å²) in [5.74, 6) is 0. The van der Waals surface area contributed by atoms with Gasteiger partial charge in [0.2, 0.25) is 0 Å². The Morgan fingerprint density at radius 1 is 1.27 bits per heavy atom. The summed E-state index contributed by atoms with van der Waals surface area (Å²) >= 11 is 0. The quantitative estimate of drug-likeness (QED) is 0.673. The van der Waals surface area contributed by atoms with Gasteiger partial charge in [0.05, 0.1) is 6.04 Å². The Morgan fingerprint density at radius 3 is 3.00 bits per heavy atom. The Balaban J connectivity index is 2.21. The van der Waals surface area contributed by atoms with E-state index in [1.807, 2.05) is 0 Å². The maximum absolute atomic E-state index is 3.57. The van der Waals surface area contributed by atoms with Gasteiger partial charge in [-0.25, -0.2) is 0 Å². The number of aryl methyl sites for hydroxylation is 1. The van der Waals surface area contributed by atoms with E-state index in [0.29, 0.717) is 6.04 Å². The highest BCUT2D eigenvalue weighted by molar-refractivity contribution is 5.66. The van der Waals surface area contributed by atoms with Crippen molar-refractivity contribution in [2.45, 2.75) is 25.3 Å². The van der Waals surface area contributed by atoms with E-state index in [0.717, 1.165) is 0 Å². The van der Waals surface area contributed by atoms with Crippen LogP contribution in [0.5, 0.6) is 0 Å². The summed E-state index contributed by atoms with van der Waals surface area (Å²) < 4.78 is 0. The van der Waals surface area contributed by atoms with Gasteiger partial charge in [-0.15, -0.1) is 0 Å². The molecule has 0 bridgehead atoms. The Morgan fingerprint density at radius 2 is 2.13 bits per heavy atom. The largest absolute Gasteiger partial charge is 0.377 e. The molecule has 0 aromatic heterocycles. The van der Waals surface area contributed by atoms with Crippen molar-refractivity contribution in [2.24, 2.45) is 0 Å². The van der Waals surface area contributed by atoms with Crippen LogP contribution in [-0.2, 0) is 5.41 Å². The van der Waals surface area contributed by atoms with Gasteiger partial charge in [-0.2, -0.15) is 0 Å². The fourth-order valence-electron chi connectivity index (χ4n) is 2.59. The molecule has 0 radical (unpaired) electrons. The Bertz CT molecular complexity index is 470. The lowest BCUT2D eigenvalue weighted by Gasteiger charge is -2.28. The van der Waals surface area contributed by atoms with Crippen molar-refractivity contribution in [3.8, 4) is 0 Å². The molecule has 1 nitrogen and oxygen atoms in total. The standard InChI is InChI=1S/C14H15N/c1-10-6-7-12-11(9-10)14(2)8-4-3-5-13(14)15-12/h3-9,13,15H,1-2H3. The molecule has 2 aliphatic rings. The van der Waals surface area contributed by atoms with E-state index in [4.69, 9.17) is 0 Å². The maximum atomic E-state index is 3.57. The van der Waals surface area contributed by atoms with Crippen molar-refractivity contribution >= 4 is 5.69 Å². The summed E-state index contributed by atoms with van der Waals surface area (Å²) in [6.45, 7) is 4.45. The summed E-state index contributed by atoms with van der Waals surface area (Å²) in [4.78, 5) is 0. The van der Waals surface area contributed by atoms with Gasteiger partial charge < -0.3 is 5.32 Å². The number of hydrogen-bond donors (Lipinski definition) is 1. The number of allylic oxidation sites excluding steroid dienone is 2. The van der Waals surface area contributed by atoms with E-state index in [9.17, 15) is 0 Å². The number of benzene rings is 1. The average molecular weight is 197 g/mol. The van der Waals surface area contributed by atoms with E-state index in [1.54, 1.807) is 0 Å². The fraction of sp³-hybridized carbons (Fsp3) is 0.286. The minimum absolute atomic E-state index is 0.135. The van der Waals surface area contributed by atoms with Gasteiger partial charge in [0.25, 0.3) is 0 Å². The molecule has 0 fully saturated rings. The molecule has 1 aromatic carbocycles. The predicted octanol–water partition coefficient (Wildman–Crippen LogP) is 3.17. The van der Waals surface area contributed by atoms with Gasteiger partial charge in [0, 0.05) is 11.1 Å². The van der Waals surface area contributed by atoms with Crippen LogP contribution in [-0.4, -0.2) is 6.04 Å². The normalized spacial score (nSPS) is 30.9. The summed E-state index contributed by atoms with van der Waals surface area (Å²) in [6, 6.07) is 7.07. The topological polar surface area (TPSA) is 12.0 Å². The van der Waals surface area contributed by atoms with E-state index in [-0.39, 0.29) is 5.41 Å². The average Bonchev–Trinajstić information content (AvgIpc) is 2.51. The van der Waals surface area contributed by atoms with Crippen molar-refractivity contribution < 1.29 is 0 Å². The molecule has 15 heavy (non-hydrogen) atoms. The molecule has 1 heteroatoms. The first kappa shape index (κ1) is 8.78. The van der Waals surface area contributed by atoms with Gasteiger partial charge >= 0.3 is 0 Å². The SMILES string of the molecule is Cc1ccc2c(c1)C1(C)C=CC=CC1N2. The predicted molar refractivity (Wildman–Crippen MR) is 64.2 cm³/mol. The molecule has 3 rings (SSSR count). The molecular formula is C14H15N.